The van der Waals surface area contributed by atoms with Crippen molar-refractivity contribution in [3.05, 3.63) is 101 Å². The normalized spacial score (nSPS) is 15.4. The number of nitrogens with zero attached hydrogens (tertiary/aromatic N) is 2. The van der Waals surface area contributed by atoms with Gasteiger partial charge >= 0.3 is 0 Å². The van der Waals surface area contributed by atoms with Gasteiger partial charge in [-0.1, -0.05) is 36.4 Å². The molecule has 4 aromatic rings. The van der Waals surface area contributed by atoms with E-state index in [4.69, 9.17) is 5.21 Å². The lowest BCUT2D eigenvalue weighted by atomic mass is 10.0. The van der Waals surface area contributed by atoms with Crippen LogP contribution in [0.4, 0.5) is 0 Å². The van der Waals surface area contributed by atoms with Gasteiger partial charge in [0.2, 0.25) is 0 Å². The van der Waals surface area contributed by atoms with Gasteiger partial charge in [0, 0.05) is 61.2 Å². The largest absolute Gasteiger partial charge is 0.364 e. The molecule has 0 spiro atoms. The molecule has 2 aromatic carbocycles. The Morgan fingerprint density at radius 1 is 1.26 bits per heavy atom. The highest BCUT2D eigenvalue weighted by atomic mass is 16.5. The third-order valence-corrected chi connectivity index (χ3v) is 7.10. The molecule has 0 fully saturated rings. The van der Waals surface area contributed by atoms with Crippen molar-refractivity contribution in [3.8, 4) is 0 Å². The van der Waals surface area contributed by atoms with E-state index in [2.05, 4.69) is 89.3 Å². The highest BCUT2D eigenvalue weighted by molar-refractivity contribution is 5.90. The van der Waals surface area contributed by atoms with Crippen LogP contribution in [0.2, 0.25) is 0 Å². The quantitative estimate of drug-likeness (QED) is 0.192. The topological polar surface area (TPSA) is 73.3 Å². The average Bonchev–Trinajstić information content (AvgIpc) is 3.57. The van der Waals surface area contributed by atoms with Crippen molar-refractivity contribution < 1.29 is 10.0 Å². The number of benzene rings is 2. The summed E-state index contributed by atoms with van der Waals surface area (Å²) in [6.45, 7) is 3.97. The summed E-state index contributed by atoms with van der Waals surface area (Å²) in [6, 6.07) is 17.6. The molecule has 0 aliphatic heterocycles. The second-order valence-corrected chi connectivity index (χ2v) is 9.53. The highest BCUT2D eigenvalue weighted by Crippen LogP contribution is 2.37. The maximum Gasteiger partial charge on any atom is 0.267 e. The Morgan fingerprint density at radius 3 is 2.91 bits per heavy atom. The second-order valence-electron chi connectivity index (χ2n) is 9.53. The number of hydroxylamine groups is 1. The minimum Gasteiger partial charge on any atom is -0.364 e. The van der Waals surface area contributed by atoms with Crippen LogP contribution in [0.25, 0.3) is 17.0 Å². The maximum absolute atomic E-state index is 11.3. The minimum absolute atomic E-state index is 0.349. The van der Waals surface area contributed by atoms with Crippen molar-refractivity contribution in [2.45, 2.75) is 38.8 Å². The summed E-state index contributed by atoms with van der Waals surface area (Å²) in [5.41, 5.74) is 10.5. The molecule has 1 unspecified atom stereocenters. The number of H-pyrrole nitrogens is 1. The number of fused-ring (bicyclic) bond motifs is 2. The number of carbonyl (C=O) groups excluding carboxylic acids is 1. The lowest BCUT2D eigenvalue weighted by molar-refractivity contribution is -0.124. The number of aryl methyl sites for hydroxylation is 3. The number of hydrogen-bond donors (Lipinski definition) is 3. The number of aromatic nitrogens is 2. The Morgan fingerprint density at radius 2 is 2.11 bits per heavy atom. The summed E-state index contributed by atoms with van der Waals surface area (Å²) in [6.07, 6.45) is 10.5. The average molecular weight is 469 g/mol. The van der Waals surface area contributed by atoms with Gasteiger partial charge in [0.25, 0.3) is 5.91 Å². The van der Waals surface area contributed by atoms with Crippen LogP contribution in [0.3, 0.4) is 0 Å². The predicted molar refractivity (Wildman–Crippen MR) is 139 cm³/mol. The first-order valence-electron chi connectivity index (χ1n) is 12.2. The Bertz CT molecular complexity index is 1380. The van der Waals surface area contributed by atoms with Gasteiger partial charge in [-0.3, -0.25) is 14.9 Å². The lowest BCUT2D eigenvalue weighted by Crippen LogP contribution is -2.29. The zero-order chi connectivity index (χ0) is 24.4. The van der Waals surface area contributed by atoms with Crippen molar-refractivity contribution >= 4 is 22.9 Å². The fourth-order valence-corrected chi connectivity index (χ4v) is 5.42. The van der Waals surface area contributed by atoms with E-state index < -0.39 is 5.91 Å². The molecule has 180 valence electrons. The molecule has 1 atom stereocenters. The molecule has 6 heteroatoms. The van der Waals surface area contributed by atoms with E-state index in [0.717, 1.165) is 37.9 Å². The summed E-state index contributed by atoms with van der Waals surface area (Å²) in [5, 5.41) is 10.1. The molecule has 2 heterocycles. The number of hydrogen-bond acceptors (Lipinski definition) is 3. The molecule has 0 saturated heterocycles. The van der Waals surface area contributed by atoms with Gasteiger partial charge in [0.15, 0.2) is 0 Å². The third-order valence-electron chi connectivity index (χ3n) is 7.10. The van der Waals surface area contributed by atoms with Gasteiger partial charge in [0.05, 0.1) is 0 Å². The van der Waals surface area contributed by atoms with Crippen molar-refractivity contribution in [3.63, 3.8) is 0 Å². The van der Waals surface area contributed by atoms with Gasteiger partial charge < -0.3 is 9.55 Å². The van der Waals surface area contributed by atoms with Crippen LogP contribution in [0, 0.1) is 6.92 Å². The van der Waals surface area contributed by atoms with E-state index >= 15 is 0 Å². The zero-order valence-electron chi connectivity index (χ0n) is 20.3. The molecule has 3 N–H and O–H groups in total. The van der Waals surface area contributed by atoms with Crippen LogP contribution >= 0.6 is 0 Å². The Hall–Kier alpha value is -3.61. The third kappa shape index (κ3) is 4.94. The molecular weight excluding hydrogens is 436 g/mol. The highest BCUT2D eigenvalue weighted by Gasteiger charge is 2.28. The van der Waals surface area contributed by atoms with E-state index in [9.17, 15) is 4.79 Å². The van der Waals surface area contributed by atoms with Gasteiger partial charge in [-0.05, 0) is 72.2 Å². The molecule has 6 nitrogen and oxygen atoms in total. The van der Waals surface area contributed by atoms with E-state index in [1.165, 1.54) is 44.9 Å². The summed E-state index contributed by atoms with van der Waals surface area (Å²) in [4.78, 5) is 17.4. The number of carbonyl (C=O) groups is 1. The van der Waals surface area contributed by atoms with Crippen LogP contribution in [-0.4, -0.2) is 32.1 Å². The monoisotopic (exact) mass is 468 g/mol. The van der Waals surface area contributed by atoms with Crippen LogP contribution < -0.4 is 5.48 Å². The summed E-state index contributed by atoms with van der Waals surface area (Å²) in [7, 11) is 2.12. The Kier molecular flexibility index (Phi) is 6.57. The molecule has 1 aliphatic carbocycles. The Balaban J connectivity index is 1.40. The fraction of sp³-hybridized carbons (Fsp3) is 0.276. The molecule has 0 saturated carbocycles. The van der Waals surface area contributed by atoms with E-state index in [-0.39, 0.29) is 0 Å². The number of rotatable bonds is 8. The maximum atomic E-state index is 11.3. The van der Waals surface area contributed by atoms with Crippen molar-refractivity contribution in [1.82, 2.24) is 19.9 Å². The molecular formula is C29H32N4O2. The standard InChI is InChI=1S/C29H32N4O2/c1-20-15-24(30-17-20)19-33(14-13-23-18-32(2)27-6-4-3-5-25(23)27)28-11-9-22-16-21(7-10-26(22)28)8-12-29(34)31-35/h3-8,10,12,15-18,28,30,35H,9,11,13-14,19H2,1-2H3,(H,31,34)/b12-8+. The van der Waals surface area contributed by atoms with Crippen molar-refractivity contribution in [2.24, 2.45) is 7.05 Å². The van der Waals surface area contributed by atoms with E-state index in [1.807, 2.05) is 0 Å². The first-order chi connectivity index (χ1) is 17.0. The molecule has 1 amide bonds. The van der Waals surface area contributed by atoms with Crippen molar-refractivity contribution in [1.29, 1.82) is 0 Å². The second kappa shape index (κ2) is 9.94. The number of amides is 1. The van der Waals surface area contributed by atoms with Crippen molar-refractivity contribution in [2.75, 3.05) is 6.54 Å². The number of aromatic amines is 1. The molecule has 35 heavy (non-hydrogen) atoms. The first kappa shape index (κ1) is 23.1. The van der Waals surface area contributed by atoms with Crippen LogP contribution in [0.15, 0.2) is 67.0 Å². The summed E-state index contributed by atoms with van der Waals surface area (Å²) >= 11 is 0. The zero-order valence-corrected chi connectivity index (χ0v) is 20.3. The van der Waals surface area contributed by atoms with E-state index in [0.29, 0.717) is 6.04 Å². The van der Waals surface area contributed by atoms with Gasteiger partial charge in [-0.15, -0.1) is 0 Å². The van der Waals surface area contributed by atoms with Gasteiger partial charge in [0.1, 0.15) is 0 Å². The van der Waals surface area contributed by atoms with Gasteiger partial charge in [-0.25, -0.2) is 5.48 Å². The number of nitrogens with one attached hydrogen (secondary N) is 2. The SMILES string of the molecule is Cc1c[nH]c(CN(CCc2cn(C)c3ccccc23)C2CCc3cc(/C=C/C(=O)NO)ccc32)c1. The van der Waals surface area contributed by atoms with Crippen LogP contribution in [-0.2, 0) is 31.2 Å². The fourth-order valence-electron chi connectivity index (χ4n) is 5.42. The van der Waals surface area contributed by atoms with Gasteiger partial charge in [-0.2, -0.15) is 0 Å². The summed E-state index contributed by atoms with van der Waals surface area (Å²) in [5.74, 6) is -0.524. The number of para-hydroxylation sites is 1. The molecule has 5 rings (SSSR count). The molecule has 0 bridgehead atoms. The molecule has 1 aliphatic rings. The first-order valence-corrected chi connectivity index (χ1v) is 12.2. The molecule has 0 radical (unpaired) electrons. The molecule has 2 aromatic heterocycles. The van der Waals surface area contributed by atoms with Crippen LogP contribution in [0.1, 0.15) is 46.0 Å². The summed E-state index contributed by atoms with van der Waals surface area (Å²) < 4.78 is 2.22. The van der Waals surface area contributed by atoms with E-state index in [1.54, 1.807) is 11.6 Å². The Labute approximate surface area is 205 Å². The smallest absolute Gasteiger partial charge is 0.267 e. The predicted octanol–water partition coefficient (Wildman–Crippen LogP) is 5.07. The lowest BCUT2D eigenvalue weighted by Gasteiger charge is -2.29. The minimum atomic E-state index is -0.524. The van der Waals surface area contributed by atoms with Crippen LogP contribution in [0.5, 0.6) is 0 Å².